The van der Waals surface area contributed by atoms with Crippen molar-refractivity contribution in [2.75, 3.05) is 23.0 Å². The summed E-state index contributed by atoms with van der Waals surface area (Å²) in [5.41, 5.74) is 0.418. The lowest BCUT2D eigenvalue weighted by atomic mass is 10.3. The molecule has 0 aliphatic carbocycles. The highest BCUT2D eigenvalue weighted by Gasteiger charge is 2.17. The maximum atomic E-state index is 12.6. The first-order valence-corrected chi connectivity index (χ1v) is 6.40. The Kier molecular flexibility index (Phi) is 3.93. The zero-order valence-corrected chi connectivity index (χ0v) is 9.72. The lowest BCUT2D eigenvalue weighted by molar-refractivity contribution is 0.595. The Balaban J connectivity index is 2.94. The smallest absolute Gasteiger partial charge is 0.236 e. The van der Waals surface area contributed by atoms with E-state index in [4.69, 9.17) is 11.6 Å². The molecule has 0 radical (unpaired) electrons. The van der Waals surface area contributed by atoms with E-state index in [2.05, 4.69) is 0 Å². The molecule has 0 amide bonds. The van der Waals surface area contributed by atoms with E-state index in [1.165, 1.54) is 31.3 Å². The third-order valence-electron chi connectivity index (χ3n) is 1.94. The molecular weight excluding hydrogens is 241 g/mol. The van der Waals surface area contributed by atoms with E-state index >= 15 is 0 Å². The Morgan fingerprint density at radius 3 is 2.33 bits per heavy atom. The summed E-state index contributed by atoms with van der Waals surface area (Å²) >= 11 is 5.38. The van der Waals surface area contributed by atoms with Crippen LogP contribution in [0, 0.1) is 5.82 Å². The molecule has 3 nitrogen and oxygen atoms in total. The van der Waals surface area contributed by atoms with Crippen molar-refractivity contribution < 1.29 is 12.8 Å². The summed E-state index contributed by atoms with van der Waals surface area (Å²) in [5.74, 6) is -0.502. The molecule has 0 fully saturated rings. The van der Waals surface area contributed by atoms with E-state index in [0.717, 1.165) is 4.31 Å². The van der Waals surface area contributed by atoms with Crippen LogP contribution in [-0.2, 0) is 10.0 Å². The van der Waals surface area contributed by atoms with Gasteiger partial charge in [0.2, 0.25) is 10.0 Å². The van der Waals surface area contributed by atoms with E-state index in [0.29, 0.717) is 5.69 Å². The van der Waals surface area contributed by atoms with E-state index in [1.807, 2.05) is 0 Å². The normalized spacial score (nSPS) is 11.4. The SMILES string of the molecule is CN(c1ccc(F)cc1)S(=O)(=O)CCCl. The van der Waals surface area contributed by atoms with Crippen LogP contribution < -0.4 is 4.31 Å². The second-order valence-corrected chi connectivity index (χ2v) is 5.45. The zero-order valence-electron chi connectivity index (χ0n) is 8.15. The van der Waals surface area contributed by atoms with Crippen LogP contribution in [0.5, 0.6) is 0 Å². The minimum atomic E-state index is -3.40. The summed E-state index contributed by atoms with van der Waals surface area (Å²) in [4.78, 5) is 0. The topological polar surface area (TPSA) is 37.4 Å². The van der Waals surface area contributed by atoms with Gasteiger partial charge in [0.05, 0.1) is 11.4 Å². The minimum absolute atomic E-state index is 0.0356. The minimum Gasteiger partial charge on any atom is -0.273 e. The molecule has 0 aliphatic heterocycles. The number of hydrogen-bond acceptors (Lipinski definition) is 2. The summed E-state index contributed by atoms with van der Waals surface area (Å²) in [6.07, 6.45) is 0. The van der Waals surface area contributed by atoms with Gasteiger partial charge >= 0.3 is 0 Å². The van der Waals surface area contributed by atoms with Crippen LogP contribution in [0.15, 0.2) is 24.3 Å². The Labute approximate surface area is 93.5 Å². The molecule has 0 aromatic heterocycles. The molecule has 0 saturated heterocycles. The third kappa shape index (κ3) is 3.07. The van der Waals surface area contributed by atoms with Crippen LogP contribution >= 0.6 is 11.6 Å². The summed E-state index contributed by atoms with van der Waals surface area (Å²) in [5, 5.41) is 0. The van der Waals surface area contributed by atoms with Gasteiger partial charge in [0.25, 0.3) is 0 Å². The monoisotopic (exact) mass is 251 g/mol. The molecule has 15 heavy (non-hydrogen) atoms. The van der Waals surface area contributed by atoms with E-state index in [9.17, 15) is 12.8 Å². The van der Waals surface area contributed by atoms with Crippen molar-refractivity contribution in [1.82, 2.24) is 0 Å². The number of halogens is 2. The molecule has 0 aliphatic rings. The zero-order chi connectivity index (χ0) is 11.5. The highest BCUT2D eigenvalue weighted by Crippen LogP contribution is 2.16. The number of sulfonamides is 1. The Bertz CT molecular complexity index is 418. The Morgan fingerprint density at radius 1 is 1.33 bits per heavy atom. The van der Waals surface area contributed by atoms with Gasteiger partial charge in [-0.1, -0.05) is 0 Å². The van der Waals surface area contributed by atoms with Crippen LogP contribution in [0.2, 0.25) is 0 Å². The van der Waals surface area contributed by atoms with Crippen molar-refractivity contribution in [2.24, 2.45) is 0 Å². The summed E-state index contributed by atoms with van der Waals surface area (Å²) in [6.45, 7) is 0. The second-order valence-electron chi connectivity index (χ2n) is 2.95. The van der Waals surface area contributed by atoms with Gasteiger partial charge in [-0.3, -0.25) is 4.31 Å². The first-order valence-electron chi connectivity index (χ1n) is 4.25. The number of rotatable bonds is 4. The molecule has 0 heterocycles. The standard InChI is InChI=1S/C9H11ClFNO2S/c1-12(15(13,14)7-6-10)9-4-2-8(11)3-5-9/h2-5H,6-7H2,1H3. The maximum absolute atomic E-state index is 12.6. The lowest BCUT2D eigenvalue weighted by Gasteiger charge is -2.18. The highest BCUT2D eigenvalue weighted by atomic mass is 35.5. The Morgan fingerprint density at radius 2 is 1.87 bits per heavy atom. The molecule has 1 aromatic carbocycles. The van der Waals surface area contributed by atoms with E-state index < -0.39 is 15.8 Å². The van der Waals surface area contributed by atoms with Gasteiger partial charge in [0.15, 0.2) is 0 Å². The molecule has 0 atom stereocenters. The lowest BCUT2D eigenvalue weighted by Crippen LogP contribution is -2.29. The number of nitrogens with zero attached hydrogens (tertiary/aromatic N) is 1. The van der Waals surface area contributed by atoms with E-state index in [-0.39, 0.29) is 11.6 Å². The fraction of sp³-hybridized carbons (Fsp3) is 0.333. The number of hydrogen-bond donors (Lipinski definition) is 0. The van der Waals surface area contributed by atoms with Gasteiger partial charge in [-0.25, -0.2) is 12.8 Å². The molecule has 0 N–H and O–H groups in total. The number of anilines is 1. The van der Waals surface area contributed by atoms with Crippen LogP contribution in [0.4, 0.5) is 10.1 Å². The van der Waals surface area contributed by atoms with Gasteiger partial charge in [-0.05, 0) is 24.3 Å². The summed E-state index contributed by atoms with van der Waals surface area (Å²) in [7, 11) is -1.99. The quantitative estimate of drug-likeness (QED) is 0.766. The fourth-order valence-corrected chi connectivity index (χ4v) is 2.54. The first kappa shape index (κ1) is 12.3. The predicted octanol–water partition coefficient (Wildman–Crippen LogP) is 1.83. The molecule has 84 valence electrons. The van der Waals surface area contributed by atoms with Gasteiger partial charge < -0.3 is 0 Å². The van der Waals surface area contributed by atoms with Crippen molar-refractivity contribution in [3.8, 4) is 0 Å². The van der Waals surface area contributed by atoms with E-state index in [1.54, 1.807) is 0 Å². The van der Waals surface area contributed by atoms with Gasteiger partial charge in [-0.15, -0.1) is 11.6 Å². The van der Waals surface area contributed by atoms with Crippen molar-refractivity contribution in [2.45, 2.75) is 0 Å². The van der Waals surface area contributed by atoms with Gasteiger partial charge in [0.1, 0.15) is 5.82 Å². The van der Waals surface area contributed by atoms with Crippen molar-refractivity contribution in [3.63, 3.8) is 0 Å². The van der Waals surface area contributed by atoms with Crippen molar-refractivity contribution in [1.29, 1.82) is 0 Å². The molecule has 0 bridgehead atoms. The van der Waals surface area contributed by atoms with Crippen LogP contribution in [0.3, 0.4) is 0 Å². The first-order chi connectivity index (χ1) is 6.97. The van der Waals surface area contributed by atoms with Crippen LogP contribution in [-0.4, -0.2) is 27.1 Å². The molecule has 0 unspecified atom stereocenters. The largest absolute Gasteiger partial charge is 0.273 e. The average molecular weight is 252 g/mol. The average Bonchev–Trinajstić information content (AvgIpc) is 2.18. The molecule has 6 heteroatoms. The van der Waals surface area contributed by atoms with Crippen LogP contribution in [0.25, 0.3) is 0 Å². The fourth-order valence-electron chi connectivity index (χ4n) is 1.05. The predicted molar refractivity (Wildman–Crippen MR) is 59.3 cm³/mol. The van der Waals surface area contributed by atoms with Crippen molar-refractivity contribution in [3.05, 3.63) is 30.1 Å². The Hall–Kier alpha value is -0.810. The summed E-state index contributed by atoms with van der Waals surface area (Å²) < 4.78 is 36.8. The molecule has 1 aromatic rings. The number of benzene rings is 1. The van der Waals surface area contributed by atoms with Crippen molar-refractivity contribution >= 4 is 27.3 Å². The number of alkyl halides is 1. The second kappa shape index (κ2) is 4.81. The molecule has 1 rings (SSSR count). The molecular formula is C9H11ClFNO2S. The van der Waals surface area contributed by atoms with Gasteiger partial charge in [-0.2, -0.15) is 0 Å². The van der Waals surface area contributed by atoms with Gasteiger partial charge in [0, 0.05) is 12.9 Å². The molecule has 0 saturated carbocycles. The molecule has 0 spiro atoms. The van der Waals surface area contributed by atoms with Crippen LogP contribution in [0.1, 0.15) is 0 Å². The summed E-state index contributed by atoms with van der Waals surface area (Å²) in [6, 6.07) is 5.23. The maximum Gasteiger partial charge on any atom is 0.236 e. The third-order valence-corrected chi connectivity index (χ3v) is 4.12. The highest BCUT2D eigenvalue weighted by molar-refractivity contribution is 7.92.